The highest BCUT2D eigenvalue weighted by molar-refractivity contribution is 5.95. The zero-order valence-electron chi connectivity index (χ0n) is 18.4. The van der Waals surface area contributed by atoms with Crippen molar-refractivity contribution in [3.63, 3.8) is 0 Å². The van der Waals surface area contributed by atoms with E-state index >= 15 is 0 Å². The van der Waals surface area contributed by atoms with E-state index in [9.17, 15) is 18.4 Å². The fourth-order valence-corrected chi connectivity index (χ4v) is 4.13. The van der Waals surface area contributed by atoms with E-state index in [1.807, 2.05) is 17.2 Å². The molecule has 1 fully saturated rings. The van der Waals surface area contributed by atoms with Crippen LogP contribution >= 0.6 is 0 Å². The van der Waals surface area contributed by atoms with E-state index in [1.54, 1.807) is 12.1 Å². The first-order valence-corrected chi connectivity index (χ1v) is 10.8. The number of carbonyl (C=O) groups is 2. The second-order valence-corrected chi connectivity index (χ2v) is 8.14. The van der Waals surface area contributed by atoms with Gasteiger partial charge < -0.3 is 15.0 Å². The molecule has 2 N–H and O–H groups in total. The van der Waals surface area contributed by atoms with Crippen LogP contribution in [0.25, 0.3) is 10.9 Å². The standard InChI is InChI=1S/C24H26F2N4O3/c1-33-24(32)16-3-5-19-17(13-27-22(19)11-16)14-29-7-2-8-30(10-9-29)15-23(31)28-21-6-4-18(25)12-20(21)26/h3-6,11-13,27H,2,7-10,14-15H2,1H3,(H,28,31). The minimum Gasteiger partial charge on any atom is -0.465 e. The number of nitrogens with one attached hydrogen (secondary N) is 2. The molecule has 4 rings (SSSR count). The molecule has 0 atom stereocenters. The van der Waals surface area contributed by atoms with Gasteiger partial charge >= 0.3 is 5.97 Å². The summed E-state index contributed by atoms with van der Waals surface area (Å²) in [4.78, 5) is 31.7. The number of halogens is 2. The first-order chi connectivity index (χ1) is 15.9. The maximum Gasteiger partial charge on any atom is 0.337 e. The van der Waals surface area contributed by atoms with Gasteiger partial charge in [0, 0.05) is 42.8 Å². The lowest BCUT2D eigenvalue weighted by Gasteiger charge is -2.21. The number of rotatable bonds is 6. The topological polar surface area (TPSA) is 77.7 Å². The number of hydrogen-bond donors (Lipinski definition) is 2. The lowest BCUT2D eigenvalue weighted by atomic mass is 10.1. The van der Waals surface area contributed by atoms with Gasteiger partial charge in [-0.25, -0.2) is 13.6 Å². The molecule has 0 radical (unpaired) electrons. The number of hydrogen-bond acceptors (Lipinski definition) is 5. The summed E-state index contributed by atoms with van der Waals surface area (Å²) in [5.41, 5.74) is 2.50. The summed E-state index contributed by atoms with van der Waals surface area (Å²) in [6, 6.07) is 8.57. The van der Waals surface area contributed by atoms with Crippen LogP contribution in [0.4, 0.5) is 14.5 Å². The van der Waals surface area contributed by atoms with E-state index in [2.05, 4.69) is 15.2 Å². The van der Waals surface area contributed by atoms with Crippen molar-refractivity contribution in [2.45, 2.75) is 13.0 Å². The van der Waals surface area contributed by atoms with Crippen LogP contribution < -0.4 is 5.32 Å². The molecule has 1 saturated heterocycles. The van der Waals surface area contributed by atoms with Crippen LogP contribution in [0.2, 0.25) is 0 Å². The highest BCUT2D eigenvalue weighted by Gasteiger charge is 2.19. The molecule has 1 aliphatic rings. The molecule has 3 aromatic rings. The molecule has 33 heavy (non-hydrogen) atoms. The van der Waals surface area contributed by atoms with Crippen molar-refractivity contribution in [2.24, 2.45) is 0 Å². The van der Waals surface area contributed by atoms with Gasteiger partial charge in [-0.05, 0) is 49.3 Å². The third-order valence-corrected chi connectivity index (χ3v) is 5.84. The lowest BCUT2D eigenvalue weighted by Crippen LogP contribution is -2.36. The summed E-state index contributed by atoms with van der Waals surface area (Å²) in [5, 5.41) is 3.58. The fraction of sp³-hybridized carbons (Fsp3) is 0.333. The first-order valence-electron chi connectivity index (χ1n) is 10.8. The van der Waals surface area contributed by atoms with Crippen molar-refractivity contribution < 1.29 is 23.1 Å². The molecule has 174 valence electrons. The Morgan fingerprint density at radius 3 is 2.64 bits per heavy atom. The molecule has 0 aliphatic carbocycles. The Bertz CT molecular complexity index is 1160. The Kier molecular flexibility index (Phi) is 7.00. The van der Waals surface area contributed by atoms with Crippen molar-refractivity contribution in [1.82, 2.24) is 14.8 Å². The van der Waals surface area contributed by atoms with Crippen LogP contribution in [0, 0.1) is 11.6 Å². The molecule has 0 spiro atoms. The monoisotopic (exact) mass is 456 g/mol. The number of fused-ring (bicyclic) bond motifs is 1. The number of aromatic amines is 1. The molecule has 0 unspecified atom stereocenters. The van der Waals surface area contributed by atoms with E-state index in [0.717, 1.165) is 61.2 Å². The first kappa shape index (κ1) is 22.9. The van der Waals surface area contributed by atoms with Gasteiger partial charge in [0.2, 0.25) is 5.91 Å². The number of nitrogens with zero attached hydrogens (tertiary/aromatic N) is 2. The van der Waals surface area contributed by atoms with E-state index in [1.165, 1.54) is 13.2 Å². The molecular formula is C24H26F2N4O3. The number of methoxy groups -OCH3 is 1. The van der Waals surface area contributed by atoms with Crippen molar-refractivity contribution in [3.05, 3.63) is 65.4 Å². The van der Waals surface area contributed by atoms with E-state index in [4.69, 9.17) is 4.74 Å². The van der Waals surface area contributed by atoms with E-state index in [-0.39, 0.29) is 24.1 Å². The minimum atomic E-state index is -0.789. The average molecular weight is 456 g/mol. The number of aromatic nitrogens is 1. The zero-order chi connectivity index (χ0) is 23.4. The number of amides is 1. The number of H-pyrrole nitrogens is 1. The third kappa shape index (κ3) is 5.55. The number of anilines is 1. The largest absolute Gasteiger partial charge is 0.465 e. The molecule has 7 nitrogen and oxygen atoms in total. The molecule has 1 aliphatic heterocycles. The Balaban J connectivity index is 1.32. The van der Waals surface area contributed by atoms with Crippen molar-refractivity contribution in [1.29, 1.82) is 0 Å². The van der Waals surface area contributed by atoms with Crippen LogP contribution in [0.3, 0.4) is 0 Å². The Hall–Kier alpha value is -3.30. The van der Waals surface area contributed by atoms with Crippen LogP contribution in [0.5, 0.6) is 0 Å². The number of ether oxygens (including phenoxy) is 1. The maximum atomic E-state index is 13.8. The highest BCUT2D eigenvalue weighted by atomic mass is 19.1. The lowest BCUT2D eigenvalue weighted by molar-refractivity contribution is -0.117. The highest BCUT2D eigenvalue weighted by Crippen LogP contribution is 2.22. The van der Waals surface area contributed by atoms with Crippen molar-refractivity contribution >= 4 is 28.5 Å². The van der Waals surface area contributed by atoms with E-state index < -0.39 is 11.6 Å². The predicted molar refractivity (Wildman–Crippen MR) is 121 cm³/mol. The van der Waals surface area contributed by atoms with E-state index in [0.29, 0.717) is 12.1 Å². The van der Waals surface area contributed by atoms with Gasteiger partial charge in [-0.15, -0.1) is 0 Å². The molecule has 9 heteroatoms. The second-order valence-electron chi connectivity index (χ2n) is 8.14. The predicted octanol–water partition coefficient (Wildman–Crippen LogP) is 3.38. The van der Waals surface area contributed by atoms with Crippen LogP contribution in [-0.2, 0) is 16.1 Å². The SMILES string of the molecule is COC(=O)c1ccc2c(CN3CCCN(CC(=O)Nc4ccc(F)cc4F)CC3)c[nH]c2c1. The van der Waals surface area contributed by atoms with Gasteiger partial charge in [-0.1, -0.05) is 6.07 Å². The molecule has 2 heterocycles. The summed E-state index contributed by atoms with van der Waals surface area (Å²) < 4.78 is 31.6. The average Bonchev–Trinajstić information content (AvgIpc) is 3.06. The molecule has 0 bridgehead atoms. The quantitative estimate of drug-likeness (QED) is 0.556. The molecular weight excluding hydrogens is 430 g/mol. The van der Waals surface area contributed by atoms with Gasteiger partial charge in [0.1, 0.15) is 11.6 Å². The Labute approximate surface area is 190 Å². The normalized spacial score (nSPS) is 15.4. The minimum absolute atomic E-state index is 0.0208. The number of benzene rings is 2. The van der Waals surface area contributed by atoms with Gasteiger partial charge in [-0.3, -0.25) is 14.6 Å². The summed E-state index contributed by atoms with van der Waals surface area (Å²) >= 11 is 0. The van der Waals surface area contributed by atoms with Gasteiger partial charge in [0.15, 0.2) is 0 Å². The Morgan fingerprint density at radius 1 is 1.06 bits per heavy atom. The summed E-state index contributed by atoms with van der Waals surface area (Å²) in [7, 11) is 1.36. The van der Waals surface area contributed by atoms with Crippen molar-refractivity contribution in [3.8, 4) is 0 Å². The maximum absolute atomic E-state index is 13.8. The zero-order valence-corrected chi connectivity index (χ0v) is 18.4. The van der Waals surface area contributed by atoms with Gasteiger partial charge in [0.05, 0.1) is 24.9 Å². The summed E-state index contributed by atoms with van der Waals surface area (Å²) in [6.07, 6.45) is 2.85. The molecule has 1 amide bonds. The van der Waals surface area contributed by atoms with Gasteiger partial charge in [-0.2, -0.15) is 0 Å². The Morgan fingerprint density at radius 2 is 1.85 bits per heavy atom. The third-order valence-electron chi connectivity index (χ3n) is 5.84. The van der Waals surface area contributed by atoms with Gasteiger partial charge in [0.25, 0.3) is 0 Å². The van der Waals surface area contributed by atoms with Crippen LogP contribution in [0.1, 0.15) is 22.3 Å². The second kappa shape index (κ2) is 10.1. The fourth-order valence-electron chi connectivity index (χ4n) is 4.13. The molecule has 1 aromatic heterocycles. The van der Waals surface area contributed by atoms with Crippen LogP contribution in [0.15, 0.2) is 42.6 Å². The van der Waals surface area contributed by atoms with Crippen molar-refractivity contribution in [2.75, 3.05) is 45.2 Å². The number of carbonyl (C=O) groups excluding carboxylic acids is 2. The molecule has 2 aromatic carbocycles. The smallest absolute Gasteiger partial charge is 0.337 e. The summed E-state index contributed by atoms with van der Waals surface area (Å²) in [5.74, 6) is -2.17. The molecule has 0 saturated carbocycles. The number of esters is 1. The summed E-state index contributed by atoms with van der Waals surface area (Å²) in [6.45, 7) is 4.02. The van der Waals surface area contributed by atoms with Crippen LogP contribution in [-0.4, -0.2) is 66.5 Å².